The lowest BCUT2D eigenvalue weighted by atomic mass is 10.2. The first kappa shape index (κ1) is 5.88. The van der Waals surface area contributed by atoms with Crippen LogP contribution in [0.1, 0.15) is 0 Å². The van der Waals surface area contributed by atoms with E-state index in [1.165, 1.54) is 6.08 Å². The molecule has 0 aromatic heterocycles. The molecule has 3 heteroatoms. The third kappa shape index (κ3) is 1.32. The average molecular weight is 125 g/mol. The number of hydrogen-bond acceptors (Lipinski definition) is 3. The summed E-state index contributed by atoms with van der Waals surface area (Å²) in [5.41, 5.74) is 0.646. The number of allylic oxidation sites excluding steroid dienone is 2. The lowest BCUT2D eigenvalue weighted by Gasteiger charge is -2.07. The van der Waals surface area contributed by atoms with E-state index in [1.807, 2.05) is 0 Å². The van der Waals surface area contributed by atoms with Crippen molar-refractivity contribution < 1.29 is 9.90 Å². The summed E-state index contributed by atoms with van der Waals surface area (Å²) < 4.78 is 0. The lowest BCUT2D eigenvalue weighted by Crippen LogP contribution is -2.19. The van der Waals surface area contributed by atoms with Crippen molar-refractivity contribution in [3.05, 3.63) is 23.6 Å². The number of carbonyl (C=O) groups excluding carboxylic acids is 1. The molecule has 0 aromatic rings. The molecular formula is C6H7NO2. The first-order chi connectivity index (χ1) is 4.33. The van der Waals surface area contributed by atoms with Crippen LogP contribution in [0.15, 0.2) is 23.6 Å². The molecule has 0 radical (unpaired) electrons. The monoisotopic (exact) mass is 125 g/mol. The van der Waals surface area contributed by atoms with Crippen molar-refractivity contribution in [2.75, 3.05) is 6.54 Å². The van der Waals surface area contributed by atoms with Crippen LogP contribution in [0.5, 0.6) is 0 Å². The Morgan fingerprint density at radius 2 is 2.44 bits per heavy atom. The molecule has 3 nitrogen and oxygen atoms in total. The Morgan fingerprint density at radius 1 is 1.67 bits per heavy atom. The normalized spacial score (nSPS) is 17.3. The van der Waals surface area contributed by atoms with Gasteiger partial charge in [0.2, 0.25) is 0 Å². The number of aldehydes is 1. The van der Waals surface area contributed by atoms with Gasteiger partial charge >= 0.3 is 0 Å². The molecule has 1 aliphatic heterocycles. The van der Waals surface area contributed by atoms with Crippen molar-refractivity contribution in [1.29, 1.82) is 0 Å². The Bertz CT molecular complexity index is 181. The van der Waals surface area contributed by atoms with Crippen molar-refractivity contribution in [3.63, 3.8) is 0 Å². The van der Waals surface area contributed by atoms with Gasteiger partial charge < -0.3 is 10.4 Å². The van der Waals surface area contributed by atoms with Gasteiger partial charge in [-0.25, -0.2) is 0 Å². The molecule has 0 saturated carbocycles. The van der Waals surface area contributed by atoms with Crippen LogP contribution < -0.4 is 5.32 Å². The van der Waals surface area contributed by atoms with Crippen LogP contribution in [0.25, 0.3) is 0 Å². The fourth-order valence-electron chi connectivity index (χ4n) is 0.577. The van der Waals surface area contributed by atoms with E-state index in [1.54, 1.807) is 6.08 Å². The molecule has 0 bridgehead atoms. The van der Waals surface area contributed by atoms with Gasteiger partial charge in [0.05, 0.1) is 0 Å². The Hall–Kier alpha value is -1.25. The van der Waals surface area contributed by atoms with Crippen molar-refractivity contribution >= 4 is 6.29 Å². The molecule has 1 rings (SSSR count). The maximum atomic E-state index is 10.0. The third-order valence-electron chi connectivity index (χ3n) is 1.08. The minimum Gasteiger partial charge on any atom is -0.495 e. The topological polar surface area (TPSA) is 49.3 Å². The summed E-state index contributed by atoms with van der Waals surface area (Å²) in [5, 5.41) is 11.3. The predicted octanol–water partition coefficient (Wildman–Crippen LogP) is 0.114. The molecule has 0 aromatic carbocycles. The summed E-state index contributed by atoms with van der Waals surface area (Å²) >= 11 is 0. The first-order valence-corrected chi connectivity index (χ1v) is 2.62. The SMILES string of the molecule is O=CC1=CC=C(O)NC1. The summed E-state index contributed by atoms with van der Waals surface area (Å²) in [7, 11) is 0. The van der Waals surface area contributed by atoms with Gasteiger partial charge in [0.1, 0.15) is 6.29 Å². The molecule has 0 unspecified atom stereocenters. The standard InChI is InChI=1S/C6H7NO2/c8-4-5-1-2-6(9)7-3-5/h1-2,4,7,9H,3H2. The predicted molar refractivity (Wildman–Crippen MR) is 32.9 cm³/mol. The number of carbonyl (C=O) groups is 1. The molecule has 0 saturated heterocycles. The molecular weight excluding hydrogens is 118 g/mol. The highest BCUT2D eigenvalue weighted by Crippen LogP contribution is 1.97. The van der Waals surface area contributed by atoms with Crippen LogP contribution in [-0.4, -0.2) is 17.9 Å². The zero-order valence-electron chi connectivity index (χ0n) is 4.79. The van der Waals surface area contributed by atoms with Gasteiger partial charge in [-0.3, -0.25) is 4.79 Å². The Balaban J connectivity index is 2.69. The van der Waals surface area contributed by atoms with E-state index in [0.717, 1.165) is 6.29 Å². The molecule has 1 aliphatic rings. The van der Waals surface area contributed by atoms with Gasteiger partial charge in [-0.15, -0.1) is 0 Å². The van der Waals surface area contributed by atoms with Gasteiger partial charge in [0.25, 0.3) is 0 Å². The van der Waals surface area contributed by atoms with Crippen molar-refractivity contribution in [1.82, 2.24) is 5.32 Å². The van der Waals surface area contributed by atoms with Crippen LogP contribution >= 0.6 is 0 Å². The van der Waals surface area contributed by atoms with Gasteiger partial charge in [-0.05, 0) is 12.2 Å². The zero-order chi connectivity index (χ0) is 6.69. The van der Waals surface area contributed by atoms with E-state index in [0.29, 0.717) is 12.1 Å². The second-order valence-corrected chi connectivity index (χ2v) is 1.76. The maximum absolute atomic E-state index is 10.0. The largest absolute Gasteiger partial charge is 0.495 e. The van der Waals surface area contributed by atoms with E-state index in [9.17, 15) is 4.79 Å². The summed E-state index contributed by atoms with van der Waals surface area (Å²) in [4.78, 5) is 10.0. The maximum Gasteiger partial charge on any atom is 0.184 e. The fourth-order valence-corrected chi connectivity index (χ4v) is 0.577. The number of hydrogen-bond donors (Lipinski definition) is 2. The minimum absolute atomic E-state index is 0.112. The van der Waals surface area contributed by atoms with Crippen LogP contribution in [0.4, 0.5) is 0 Å². The van der Waals surface area contributed by atoms with E-state index >= 15 is 0 Å². The van der Waals surface area contributed by atoms with Crippen molar-refractivity contribution in [2.24, 2.45) is 0 Å². The fraction of sp³-hybridized carbons (Fsp3) is 0.167. The molecule has 2 N–H and O–H groups in total. The molecule has 9 heavy (non-hydrogen) atoms. The highest BCUT2D eigenvalue weighted by Gasteiger charge is 1.99. The van der Waals surface area contributed by atoms with Crippen LogP contribution in [-0.2, 0) is 4.79 Å². The lowest BCUT2D eigenvalue weighted by molar-refractivity contribution is -0.105. The van der Waals surface area contributed by atoms with Gasteiger partial charge in [-0.1, -0.05) is 0 Å². The number of dihydropyridines is 1. The average Bonchev–Trinajstić information content (AvgIpc) is 1.90. The van der Waals surface area contributed by atoms with Crippen molar-refractivity contribution in [3.8, 4) is 0 Å². The molecule has 48 valence electrons. The smallest absolute Gasteiger partial charge is 0.184 e. The van der Waals surface area contributed by atoms with Crippen LogP contribution in [0, 0.1) is 0 Å². The highest BCUT2D eigenvalue weighted by atomic mass is 16.3. The Kier molecular flexibility index (Phi) is 1.53. The number of aliphatic hydroxyl groups excluding tert-OH is 1. The van der Waals surface area contributed by atoms with E-state index in [2.05, 4.69) is 5.32 Å². The third-order valence-corrected chi connectivity index (χ3v) is 1.08. The molecule has 0 aliphatic carbocycles. The molecule has 0 fully saturated rings. The van der Waals surface area contributed by atoms with Crippen LogP contribution in [0.3, 0.4) is 0 Å². The van der Waals surface area contributed by atoms with Crippen molar-refractivity contribution in [2.45, 2.75) is 0 Å². The molecule has 0 atom stereocenters. The summed E-state index contributed by atoms with van der Waals surface area (Å²) in [6.45, 7) is 0.422. The molecule has 0 amide bonds. The number of rotatable bonds is 1. The summed E-state index contributed by atoms with van der Waals surface area (Å²) in [5.74, 6) is 0.112. The van der Waals surface area contributed by atoms with Crippen LogP contribution in [0.2, 0.25) is 0 Å². The summed E-state index contributed by atoms with van der Waals surface area (Å²) in [6, 6.07) is 0. The Morgan fingerprint density at radius 3 is 2.89 bits per heavy atom. The summed E-state index contributed by atoms with van der Waals surface area (Å²) in [6.07, 6.45) is 3.79. The minimum atomic E-state index is 0.112. The van der Waals surface area contributed by atoms with Gasteiger partial charge in [0, 0.05) is 12.1 Å². The van der Waals surface area contributed by atoms with E-state index in [4.69, 9.17) is 5.11 Å². The van der Waals surface area contributed by atoms with Gasteiger partial charge in [0.15, 0.2) is 5.88 Å². The quantitative estimate of drug-likeness (QED) is 0.489. The second kappa shape index (κ2) is 2.35. The van der Waals surface area contributed by atoms with E-state index in [-0.39, 0.29) is 5.88 Å². The highest BCUT2D eigenvalue weighted by molar-refractivity contribution is 5.74. The first-order valence-electron chi connectivity index (χ1n) is 2.62. The van der Waals surface area contributed by atoms with Gasteiger partial charge in [-0.2, -0.15) is 0 Å². The molecule has 1 heterocycles. The second-order valence-electron chi connectivity index (χ2n) is 1.76. The van der Waals surface area contributed by atoms with E-state index < -0.39 is 0 Å². The Labute approximate surface area is 52.7 Å². The zero-order valence-corrected chi connectivity index (χ0v) is 4.79. The number of nitrogens with one attached hydrogen (secondary N) is 1. The number of aliphatic hydroxyl groups is 1. The molecule has 0 spiro atoms.